The highest BCUT2D eigenvalue weighted by atomic mass is 32.2. The summed E-state index contributed by atoms with van der Waals surface area (Å²) in [4.78, 5) is 42.5. The summed E-state index contributed by atoms with van der Waals surface area (Å²) in [5.74, 6) is -1.20. The number of benzene rings is 3. The number of rotatable bonds is 10. The first kappa shape index (κ1) is 33.9. The number of sulfonamides is 1. The largest absolute Gasteiger partial charge is 0.569 e. The molecule has 0 saturated carbocycles. The Bertz CT molecular complexity index is 2070. The van der Waals surface area contributed by atoms with Crippen LogP contribution in [0.5, 0.6) is 0 Å². The van der Waals surface area contributed by atoms with Gasteiger partial charge in [-0.2, -0.15) is 18.3 Å². The first-order valence-corrected chi connectivity index (χ1v) is 16.3. The highest BCUT2D eigenvalue weighted by Crippen LogP contribution is 2.33. The number of fused-ring (bicyclic) bond motifs is 1. The molecule has 4 aromatic rings. The number of hydrazine groups is 1. The van der Waals surface area contributed by atoms with Crippen LogP contribution in [0.2, 0.25) is 0 Å². The molecule has 1 fully saturated rings. The highest BCUT2D eigenvalue weighted by molar-refractivity contribution is 7.90. The SMILES string of the molecule is Cc1ccc(-c2cc(C(F)(F)F)nn2-c2ccc(S(=O)(=O)NC(=O)OC[C@@H]3CCN3/[N+]([O-])=N/OCN3C(=O)c4ccccc4C3=O)cc2)cc1. The summed E-state index contributed by atoms with van der Waals surface area (Å²) in [5.41, 5.74) is 0.855. The molecule has 260 valence electrons. The zero-order chi connectivity index (χ0) is 35.8. The van der Waals surface area contributed by atoms with Crippen LogP contribution in [0, 0.1) is 12.1 Å². The van der Waals surface area contributed by atoms with Gasteiger partial charge in [-0.3, -0.25) is 9.59 Å². The molecule has 1 aromatic heterocycles. The van der Waals surface area contributed by atoms with Crippen molar-refractivity contribution in [2.24, 2.45) is 5.28 Å². The Labute approximate surface area is 281 Å². The zero-order valence-corrected chi connectivity index (χ0v) is 26.7. The number of ether oxygens (including phenoxy) is 1. The summed E-state index contributed by atoms with van der Waals surface area (Å²) >= 11 is 0. The first-order chi connectivity index (χ1) is 23.7. The Kier molecular flexibility index (Phi) is 8.91. The molecular weight excluding hydrogens is 687 g/mol. The molecule has 1 N–H and O–H groups in total. The van der Waals surface area contributed by atoms with Crippen molar-refractivity contribution in [1.29, 1.82) is 0 Å². The molecule has 0 bridgehead atoms. The van der Waals surface area contributed by atoms with Crippen molar-refractivity contribution in [2.75, 3.05) is 19.9 Å². The molecule has 1 saturated heterocycles. The second-order valence-electron chi connectivity index (χ2n) is 11.2. The number of hydrogen-bond donors (Lipinski definition) is 1. The van der Waals surface area contributed by atoms with Crippen molar-refractivity contribution in [3.8, 4) is 16.9 Å². The molecule has 15 nitrogen and oxygen atoms in total. The number of carbonyl (C=O) groups is 3. The Morgan fingerprint density at radius 3 is 2.26 bits per heavy atom. The molecule has 0 unspecified atom stereocenters. The Morgan fingerprint density at radius 2 is 1.68 bits per heavy atom. The number of nitrogens with zero attached hydrogens (tertiary/aromatic N) is 6. The van der Waals surface area contributed by atoms with Crippen molar-refractivity contribution in [3.63, 3.8) is 0 Å². The number of imide groups is 1. The summed E-state index contributed by atoms with van der Waals surface area (Å²) in [5, 5.41) is 20.5. The predicted octanol–water partition coefficient (Wildman–Crippen LogP) is 4.42. The number of alkyl halides is 3. The van der Waals surface area contributed by atoms with Gasteiger partial charge in [0.1, 0.15) is 12.6 Å². The Balaban J connectivity index is 1.04. The van der Waals surface area contributed by atoms with Crippen LogP contribution in [0.1, 0.15) is 38.4 Å². The second kappa shape index (κ2) is 13.1. The number of aromatic nitrogens is 2. The summed E-state index contributed by atoms with van der Waals surface area (Å²) in [6, 6.07) is 17.8. The van der Waals surface area contributed by atoms with E-state index < -0.39 is 59.2 Å². The number of hydrogen-bond acceptors (Lipinski definition) is 10. The van der Waals surface area contributed by atoms with E-state index in [1.165, 1.54) is 24.3 Å². The van der Waals surface area contributed by atoms with Gasteiger partial charge in [0.05, 0.1) is 38.9 Å². The summed E-state index contributed by atoms with van der Waals surface area (Å²) < 4.78 is 74.1. The summed E-state index contributed by atoms with van der Waals surface area (Å²) in [6.45, 7) is 0.991. The average Bonchev–Trinajstić information content (AvgIpc) is 3.61. The molecule has 2 aliphatic heterocycles. The van der Waals surface area contributed by atoms with Gasteiger partial charge in [0.2, 0.25) is 12.0 Å². The van der Waals surface area contributed by atoms with Gasteiger partial charge in [-0.05, 0) is 55.8 Å². The summed E-state index contributed by atoms with van der Waals surface area (Å²) in [7, 11) is -4.48. The number of halogens is 3. The van der Waals surface area contributed by atoms with E-state index in [1.54, 1.807) is 41.1 Å². The quantitative estimate of drug-likeness (QED) is 0.107. The second-order valence-corrected chi connectivity index (χ2v) is 12.9. The third-order valence-electron chi connectivity index (χ3n) is 7.89. The van der Waals surface area contributed by atoms with Gasteiger partial charge in [-0.15, -0.1) is 5.01 Å². The van der Waals surface area contributed by atoms with Crippen LogP contribution in [0.3, 0.4) is 0 Å². The Morgan fingerprint density at radius 1 is 1.04 bits per heavy atom. The van der Waals surface area contributed by atoms with Crippen LogP contribution in [0.25, 0.3) is 16.9 Å². The lowest BCUT2D eigenvalue weighted by Crippen LogP contribution is -2.54. The smallest absolute Gasteiger partial charge is 0.435 e. The van der Waals surface area contributed by atoms with E-state index in [1.807, 2.05) is 6.92 Å². The fourth-order valence-corrected chi connectivity index (χ4v) is 6.03. The lowest BCUT2D eigenvalue weighted by atomic mass is 10.1. The lowest BCUT2D eigenvalue weighted by molar-refractivity contribution is -0.732. The molecule has 0 radical (unpaired) electrons. The van der Waals surface area contributed by atoms with E-state index in [-0.39, 0.29) is 38.9 Å². The molecule has 3 amide bonds. The first-order valence-electron chi connectivity index (χ1n) is 14.8. The minimum atomic E-state index is -4.73. The van der Waals surface area contributed by atoms with Crippen molar-refractivity contribution in [1.82, 2.24) is 24.4 Å². The molecular formula is C31H26F3N7O8S. The topological polar surface area (TPSA) is 179 Å². The maximum absolute atomic E-state index is 13.5. The van der Waals surface area contributed by atoms with Crippen LogP contribution < -0.4 is 4.72 Å². The van der Waals surface area contributed by atoms with E-state index in [9.17, 15) is 41.2 Å². The van der Waals surface area contributed by atoms with Gasteiger partial charge in [0.15, 0.2) is 5.69 Å². The van der Waals surface area contributed by atoms with E-state index >= 15 is 0 Å². The molecule has 6 rings (SSSR count). The van der Waals surface area contributed by atoms with Crippen molar-refractivity contribution in [2.45, 2.75) is 30.5 Å². The van der Waals surface area contributed by atoms with Gasteiger partial charge >= 0.3 is 12.3 Å². The fourth-order valence-electron chi connectivity index (χ4n) is 5.14. The molecule has 50 heavy (non-hydrogen) atoms. The normalized spacial score (nSPS) is 16.2. The Hall–Kier alpha value is -5.98. The number of nitrogens with one attached hydrogen (secondary N) is 1. The molecule has 0 aliphatic carbocycles. The maximum atomic E-state index is 13.5. The minimum absolute atomic E-state index is 0.0629. The van der Waals surface area contributed by atoms with Gasteiger partial charge in [0.25, 0.3) is 21.8 Å². The molecule has 0 spiro atoms. The standard InChI is InChI=1S/C31H26F3N7O8S/c1-19-6-8-20(9-7-19)26-16-27(31(32,33)34)35-40(26)21-10-12-23(13-11-21)50(46,47)36-30(44)48-17-22-14-15-39(22)41(45)37-49-18-38-28(42)24-4-2-3-5-25(24)29(38)43/h2-13,16,22H,14-15,17-18H2,1H3,(H,36,44)/b41-37-/t22-/m0/s1. The van der Waals surface area contributed by atoms with Crippen LogP contribution in [0.4, 0.5) is 18.0 Å². The zero-order valence-electron chi connectivity index (χ0n) is 25.9. The van der Waals surface area contributed by atoms with Crippen LogP contribution in [-0.4, -0.2) is 76.9 Å². The van der Waals surface area contributed by atoms with Gasteiger partial charge in [-0.25, -0.2) is 27.5 Å². The van der Waals surface area contributed by atoms with E-state index in [0.29, 0.717) is 12.0 Å². The van der Waals surface area contributed by atoms with Crippen LogP contribution in [0.15, 0.2) is 89.0 Å². The monoisotopic (exact) mass is 713 g/mol. The summed E-state index contributed by atoms with van der Waals surface area (Å²) in [6.07, 6.45) is -5.70. The van der Waals surface area contributed by atoms with Crippen molar-refractivity contribution in [3.05, 3.63) is 106 Å². The minimum Gasteiger partial charge on any atom is -0.569 e. The average molecular weight is 714 g/mol. The van der Waals surface area contributed by atoms with Gasteiger partial charge in [0, 0.05) is 5.56 Å². The fraction of sp³-hybridized carbons (Fsp3) is 0.226. The van der Waals surface area contributed by atoms with E-state index in [0.717, 1.165) is 38.4 Å². The van der Waals surface area contributed by atoms with Crippen molar-refractivity contribution < 1.29 is 50.5 Å². The third-order valence-corrected chi connectivity index (χ3v) is 9.22. The van der Waals surface area contributed by atoms with Gasteiger partial charge in [-0.1, -0.05) is 42.0 Å². The number of aryl methyl sites for hydroxylation is 1. The molecule has 2 aliphatic rings. The number of carbonyl (C=O) groups excluding carboxylic acids is 3. The molecule has 3 heterocycles. The van der Waals surface area contributed by atoms with Crippen molar-refractivity contribution >= 4 is 27.9 Å². The predicted molar refractivity (Wildman–Crippen MR) is 164 cm³/mol. The maximum Gasteiger partial charge on any atom is 0.435 e. The van der Waals surface area contributed by atoms with Crippen LogP contribution >= 0.6 is 0 Å². The van der Waals surface area contributed by atoms with E-state index in [2.05, 4.69) is 10.4 Å². The third kappa shape index (κ3) is 6.79. The van der Waals surface area contributed by atoms with Gasteiger partial charge < -0.3 is 14.8 Å². The lowest BCUT2D eigenvalue weighted by Gasteiger charge is -2.34. The molecule has 3 aromatic carbocycles. The highest BCUT2D eigenvalue weighted by Gasteiger charge is 2.39. The molecule has 1 atom stereocenters. The number of amides is 3. The van der Waals surface area contributed by atoms with E-state index in [4.69, 9.17) is 9.57 Å². The molecule has 19 heteroatoms. The van der Waals surface area contributed by atoms with Crippen LogP contribution in [-0.2, 0) is 25.8 Å².